The molecule has 0 saturated carbocycles. The molecule has 5 nitrogen and oxygen atoms in total. The Morgan fingerprint density at radius 2 is 1.46 bits per heavy atom. The van der Waals surface area contributed by atoms with Crippen molar-refractivity contribution in [1.29, 1.82) is 0 Å². The van der Waals surface area contributed by atoms with Crippen LogP contribution in [0, 0.1) is 0 Å². The summed E-state index contributed by atoms with van der Waals surface area (Å²) in [5, 5.41) is 2.75. The average molecular weight is 574 g/mol. The lowest BCUT2D eigenvalue weighted by Gasteiger charge is -2.32. The number of nitrogens with one attached hydrogen (secondary N) is 2. The van der Waals surface area contributed by atoms with E-state index < -0.39 is 58.5 Å². The Morgan fingerprint density at radius 3 is 1.97 bits per heavy atom. The highest BCUT2D eigenvalue weighted by Crippen LogP contribution is 2.49. The lowest BCUT2D eigenvalue weighted by atomic mass is 10.1. The molecule has 3 amide bonds. The number of hydrogen-bond acceptors (Lipinski definition) is 3. The topological polar surface area (TPSA) is 67.4 Å². The van der Waals surface area contributed by atoms with Gasteiger partial charge >= 0.3 is 30.2 Å². The van der Waals surface area contributed by atoms with Gasteiger partial charge in [0, 0.05) is 5.69 Å². The van der Waals surface area contributed by atoms with Crippen LogP contribution in [0.2, 0.25) is 15.1 Å². The smallest absolute Gasteiger partial charge is 0.381 e. The minimum Gasteiger partial charge on any atom is -0.484 e. The Labute approximate surface area is 206 Å². The van der Waals surface area contributed by atoms with Gasteiger partial charge in [-0.2, -0.15) is 26.3 Å². The molecular weight excluding hydrogens is 563 g/mol. The Morgan fingerprint density at radius 1 is 0.914 bits per heavy atom. The number of urea groups is 1. The standard InChI is InChI=1S/C19H11Cl3F8N2O3/c20-10-4-2-1-3-9(10)14(33)32-16(34)31-8-5-11(21)13(12(22)6-8)35-7-17(25,26)19(29,30)18(27,28)15(23)24/h1-6,15H,7H2,(H2,31,32,33,34). The van der Waals surface area contributed by atoms with Crippen LogP contribution < -0.4 is 15.4 Å². The number of imide groups is 1. The zero-order valence-corrected chi connectivity index (χ0v) is 18.9. The molecule has 192 valence electrons. The molecule has 16 heteroatoms. The second kappa shape index (κ2) is 10.6. The molecule has 0 heterocycles. The quantitative estimate of drug-likeness (QED) is 0.330. The average Bonchev–Trinajstić information content (AvgIpc) is 2.72. The summed E-state index contributed by atoms with van der Waals surface area (Å²) in [6.07, 6.45) is -5.09. The largest absolute Gasteiger partial charge is 0.484 e. The van der Waals surface area contributed by atoms with Crippen molar-refractivity contribution in [2.24, 2.45) is 0 Å². The lowest BCUT2D eigenvalue weighted by Crippen LogP contribution is -2.59. The van der Waals surface area contributed by atoms with Crippen LogP contribution in [0.3, 0.4) is 0 Å². The van der Waals surface area contributed by atoms with Crippen LogP contribution in [-0.4, -0.2) is 42.7 Å². The molecule has 0 aliphatic rings. The monoisotopic (exact) mass is 572 g/mol. The number of amides is 3. The van der Waals surface area contributed by atoms with E-state index in [1.165, 1.54) is 24.3 Å². The molecule has 0 saturated heterocycles. The number of carbonyl (C=O) groups excluding carboxylic acids is 2. The first kappa shape index (κ1) is 28.7. The molecule has 2 rings (SSSR count). The SMILES string of the molecule is O=C(NC(=O)c1ccccc1Cl)Nc1cc(Cl)c(OCC(F)(F)C(F)(F)C(F)(F)C(F)F)c(Cl)c1. The van der Waals surface area contributed by atoms with Gasteiger partial charge in [-0.1, -0.05) is 46.9 Å². The molecule has 2 N–H and O–H groups in total. The Balaban J connectivity index is 2.12. The van der Waals surface area contributed by atoms with E-state index in [0.717, 1.165) is 12.1 Å². The van der Waals surface area contributed by atoms with Gasteiger partial charge in [-0.15, -0.1) is 0 Å². The fraction of sp³-hybridized carbons (Fsp3) is 0.263. The number of ether oxygens (including phenoxy) is 1. The van der Waals surface area contributed by atoms with Crippen LogP contribution in [0.4, 0.5) is 45.6 Å². The fourth-order valence-electron chi connectivity index (χ4n) is 2.38. The van der Waals surface area contributed by atoms with Crippen molar-refractivity contribution in [2.75, 3.05) is 11.9 Å². The number of rotatable bonds is 8. The van der Waals surface area contributed by atoms with Crippen molar-refractivity contribution in [1.82, 2.24) is 5.32 Å². The predicted octanol–water partition coefficient (Wildman–Crippen LogP) is 7.16. The minimum atomic E-state index is -6.49. The van der Waals surface area contributed by atoms with Crippen LogP contribution in [0.25, 0.3) is 0 Å². The Kier molecular flexibility index (Phi) is 8.72. The first-order chi connectivity index (χ1) is 16.0. The molecule has 0 atom stereocenters. The molecule has 0 fully saturated rings. The molecule has 0 spiro atoms. The highest BCUT2D eigenvalue weighted by atomic mass is 35.5. The molecule has 0 bridgehead atoms. The van der Waals surface area contributed by atoms with Crippen molar-refractivity contribution in [2.45, 2.75) is 24.2 Å². The first-order valence-corrected chi connectivity index (χ1v) is 10.0. The van der Waals surface area contributed by atoms with Gasteiger partial charge in [-0.3, -0.25) is 10.1 Å². The number of halogens is 11. The highest BCUT2D eigenvalue weighted by Gasteiger charge is 2.75. The normalized spacial score (nSPS) is 12.5. The van der Waals surface area contributed by atoms with Crippen LogP contribution in [0.5, 0.6) is 5.75 Å². The highest BCUT2D eigenvalue weighted by molar-refractivity contribution is 6.37. The van der Waals surface area contributed by atoms with Crippen molar-refractivity contribution < 1.29 is 49.4 Å². The van der Waals surface area contributed by atoms with Crippen LogP contribution in [-0.2, 0) is 0 Å². The summed E-state index contributed by atoms with van der Waals surface area (Å²) in [6.45, 7) is -2.50. The van der Waals surface area contributed by atoms with Crippen molar-refractivity contribution in [3.8, 4) is 5.75 Å². The van der Waals surface area contributed by atoms with Crippen molar-refractivity contribution >= 4 is 52.4 Å². The van der Waals surface area contributed by atoms with E-state index >= 15 is 0 Å². The van der Waals surface area contributed by atoms with Gasteiger partial charge in [0.1, 0.15) is 0 Å². The van der Waals surface area contributed by atoms with E-state index in [-0.39, 0.29) is 16.3 Å². The summed E-state index contributed by atoms with van der Waals surface area (Å²) in [5.74, 6) is -20.4. The molecule has 2 aromatic carbocycles. The maximum atomic E-state index is 13.7. The van der Waals surface area contributed by atoms with Gasteiger partial charge in [0.05, 0.1) is 20.6 Å². The van der Waals surface area contributed by atoms with Gasteiger partial charge in [-0.05, 0) is 24.3 Å². The van der Waals surface area contributed by atoms with Crippen molar-refractivity contribution in [3.05, 3.63) is 57.0 Å². The molecule has 35 heavy (non-hydrogen) atoms. The van der Waals surface area contributed by atoms with Gasteiger partial charge < -0.3 is 10.1 Å². The number of anilines is 1. The third-order valence-electron chi connectivity index (χ3n) is 4.15. The third kappa shape index (κ3) is 6.19. The van der Waals surface area contributed by atoms with E-state index in [1.807, 2.05) is 5.32 Å². The number of benzene rings is 2. The summed E-state index contributed by atoms with van der Waals surface area (Å²) in [6, 6.07) is 6.26. The third-order valence-corrected chi connectivity index (χ3v) is 5.04. The van der Waals surface area contributed by atoms with Crippen molar-refractivity contribution in [3.63, 3.8) is 0 Å². The van der Waals surface area contributed by atoms with Gasteiger partial charge in [-0.25, -0.2) is 13.6 Å². The van der Waals surface area contributed by atoms with Crippen LogP contribution >= 0.6 is 34.8 Å². The predicted molar refractivity (Wildman–Crippen MR) is 111 cm³/mol. The van der Waals surface area contributed by atoms with E-state index in [2.05, 4.69) is 10.1 Å². The summed E-state index contributed by atoms with van der Waals surface area (Å²) < 4.78 is 109. The molecule has 0 radical (unpaired) electrons. The number of carbonyl (C=O) groups is 2. The summed E-state index contributed by atoms with van der Waals surface area (Å²) >= 11 is 17.3. The molecule has 0 aliphatic heterocycles. The van der Waals surface area contributed by atoms with E-state index in [1.54, 1.807) is 0 Å². The zero-order chi connectivity index (χ0) is 26.8. The molecular formula is C19H11Cl3F8N2O3. The fourth-order valence-corrected chi connectivity index (χ4v) is 3.20. The minimum absolute atomic E-state index is 0.0408. The zero-order valence-electron chi connectivity index (χ0n) is 16.6. The number of alkyl halides is 8. The van der Waals surface area contributed by atoms with E-state index in [4.69, 9.17) is 34.8 Å². The second-order valence-corrected chi connectivity index (χ2v) is 7.87. The van der Waals surface area contributed by atoms with Crippen LogP contribution in [0.1, 0.15) is 10.4 Å². The molecule has 2 aromatic rings. The maximum absolute atomic E-state index is 13.7. The Bertz CT molecular complexity index is 1100. The summed E-state index contributed by atoms with van der Waals surface area (Å²) in [5.41, 5.74) is -0.280. The number of hydrogen-bond donors (Lipinski definition) is 2. The van der Waals surface area contributed by atoms with Gasteiger partial charge in [0.2, 0.25) is 0 Å². The molecule has 0 aliphatic carbocycles. The lowest BCUT2D eigenvalue weighted by molar-refractivity contribution is -0.342. The summed E-state index contributed by atoms with van der Waals surface area (Å²) in [7, 11) is 0. The van der Waals surface area contributed by atoms with E-state index in [0.29, 0.717) is 0 Å². The molecule has 0 aromatic heterocycles. The van der Waals surface area contributed by atoms with Crippen LogP contribution in [0.15, 0.2) is 36.4 Å². The second-order valence-electron chi connectivity index (χ2n) is 6.65. The summed E-state index contributed by atoms with van der Waals surface area (Å²) in [4.78, 5) is 24.1. The maximum Gasteiger partial charge on any atom is 0.381 e. The Hall–Kier alpha value is -2.51. The molecule has 0 unspecified atom stereocenters. The first-order valence-electron chi connectivity index (χ1n) is 8.91. The van der Waals surface area contributed by atoms with Gasteiger partial charge in [0.25, 0.3) is 5.91 Å². The van der Waals surface area contributed by atoms with E-state index in [9.17, 15) is 44.7 Å². The van der Waals surface area contributed by atoms with Gasteiger partial charge in [0.15, 0.2) is 12.4 Å².